The van der Waals surface area contributed by atoms with Crippen molar-refractivity contribution in [3.63, 3.8) is 0 Å². The Bertz CT molecular complexity index is 2330. The first-order chi connectivity index (χ1) is 48.2. The van der Waals surface area contributed by atoms with E-state index in [1.165, 1.54) is 77.0 Å². The van der Waals surface area contributed by atoms with Crippen molar-refractivity contribution in [2.45, 2.75) is 322 Å². The van der Waals surface area contributed by atoms with Gasteiger partial charge in [0.15, 0.2) is 6.10 Å². The van der Waals surface area contributed by atoms with Crippen LogP contribution >= 0.6 is 15.6 Å². The van der Waals surface area contributed by atoms with E-state index < -0.39 is 91.5 Å². The third-order valence-electron chi connectivity index (χ3n) is 15.8. The Labute approximate surface area is 601 Å². The molecule has 0 aliphatic rings. The van der Waals surface area contributed by atoms with Gasteiger partial charge in [0.2, 0.25) is 0 Å². The summed E-state index contributed by atoms with van der Waals surface area (Å²) < 4.78 is 61.1. The number of hydrogen-bond acceptors (Lipinski definition) is 14. The summed E-state index contributed by atoms with van der Waals surface area (Å²) >= 11 is 0. The molecule has 5 unspecified atom stereocenters. The van der Waals surface area contributed by atoms with Gasteiger partial charge in [-0.05, 0) is 135 Å². The highest BCUT2D eigenvalue weighted by molar-refractivity contribution is 7.47. The molecule has 0 aromatic rings. The van der Waals surface area contributed by atoms with E-state index in [0.29, 0.717) is 19.3 Å². The smallest absolute Gasteiger partial charge is 0.463 e. The molecule has 0 spiro atoms. The summed E-state index contributed by atoms with van der Waals surface area (Å²) in [6.45, 7) is 2.44. The number of rotatable bonds is 72. The number of aliphatic hydroxyl groups is 2. The first kappa shape index (κ1) is 94.7. The minimum Gasteiger partial charge on any atom is -0.463 e. The van der Waals surface area contributed by atoms with Crippen LogP contribution in [0.2, 0.25) is 0 Å². The summed E-state index contributed by atoms with van der Waals surface area (Å²) in [4.78, 5) is 58.6. The zero-order valence-electron chi connectivity index (χ0n) is 61.9. The molecule has 0 radical (unpaired) electrons. The van der Waals surface area contributed by atoms with Crippen LogP contribution in [0.15, 0.2) is 134 Å². The molecule has 0 rings (SSSR count). The summed E-state index contributed by atoms with van der Waals surface area (Å²) in [5, 5.41) is 20.6. The molecule has 99 heavy (non-hydrogen) atoms. The molecule has 4 N–H and O–H groups in total. The number of hydrogen-bond donors (Lipinski definition) is 4. The van der Waals surface area contributed by atoms with E-state index in [2.05, 4.69) is 154 Å². The number of ether oxygens (including phenoxy) is 3. The van der Waals surface area contributed by atoms with Gasteiger partial charge in [0, 0.05) is 19.3 Å². The Morgan fingerprint density at radius 3 is 0.889 bits per heavy atom. The zero-order chi connectivity index (χ0) is 72.3. The highest BCUT2D eigenvalue weighted by atomic mass is 31.2. The molecule has 16 nitrogen and oxygen atoms in total. The van der Waals surface area contributed by atoms with E-state index in [4.69, 9.17) is 32.3 Å². The highest BCUT2D eigenvalue weighted by Gasteiger charge is 2.29. The van der Waals surface area contributed by atoms with Crippen molar-refractivity contribution in [3.05, 3.63) is 134 Å². The quantitative estimate of drug-likeness (QED) is 0.0146. The molecule has 0 saturated carbocycles. The van der Waals surface area contributed by atoms with E-state index in [1.54, 1.807) is 0 Å². The molecule has 0 heterocycles. The number of phosphoric ester groups is 2. The predicted octanol–water partition coefficient (Wildman–Crippen LogP) is 22.3. The fourth-order valence-corrected chi connectivity index (χ4v) is 11.6. The van der Waals surface area contributed by atoms with Crippen LogP contribution in [0, 0.1) is 0 Å². The molecule has 0 aromatic heterocycles. The van der Waals surface area contributed by atoms with Gasteiger partial charge in [-0.25, -0.2) is 9.13 Å². The van der Waals surface area contributed by atoms with Crippen molar-refractivity contribution in [2.24, 2.45) is 0 Å². The lowest BCUT2D eigenvalue weighted by molar-refractivity contribution is -0.161. The maximum absolute atomic E-state index is 12.9. The molecule has 0 aromatic carbocycles. The van der Waals surface area contributed by atoms with Crippen LogP contribution in [0.5, 0.6) is 0 Å². The van der Waals surface area contributed by atoms with Gasteiger partial charge in [-0.1, -0.05) is 283 Å². The van der Waals surface area contributed by atoms with Crippen LogP contribution in [0.4, 0.5) is 0 Å². The lowest BCUT2D eigenvalue weighted by atomic mass is 10.1. The molecule has 0 fully saturated rings. The van der Waals surface area contributed by atoms with Gasteiger partial charge in [0.05, 0.1) is 26.4 Å². The summed E-state index contributed by atoms with van der Waals surface area (Å²) in [6, 6.07) is 0. The second kappa shape index (κ2) is 73.4. The number of carbonyl (C=O) groups is 3. The number of phosphoric acid groups is 2. The average molecular weight is 1430 g/mol. The highest BCUT2D eigenvalue weighted by Crippen LogP contribution is 2.45. The van der Waals surface area contributed by atoms with Crippen LogP contribution in [-0.4, -0.2) is 95.9 Å². The van der Waals surface area contributed by atoms with Crippen molar-refractivity contribution in [1.82, 2.24) is 0 Å². The largest absolute Gasteiger partial charge is 0.472 e. The monoisotopic (exact) mass is 1430 g/mol. The molecule has 18 heteroatoms. The maximum Gasteiger partial charge on any atom is 0.472 e. The number of unbranched alkanes of at least 4 members (excludes halogenated alkanes) is 27. The lowest BCUT2D eigenvalue weighted by Crippen LogP contribution is -2.30. The summed E-state index contributed by atoms with van der Waals surface area (Å²) in [6.07, 6.45) is 87.8. The number of esters is 3. The standard InChI is InChI=1S/C81H138O16P2/c1-4-7-10-13-16-19-22-25-27-29-31-33-35-37-39-41-43-45-47-50-52-55-58-61-64-67-79(84)91-70-76(82)71-93-98(87,88)94-72-77(83)73-95-99(89,90)96-75-78(97-81(86)69-66-63-60-57-54-49-24-21-18-15-12-9-6-3)74-92-80(85)68-65-62-59-56-53-51-48-46-44-42-40-38-36-34-32-30-28-26-23-20-17-14-11-8-5-2/h7,10,12,15-17,19-21,24-28,31-34,37-40,76-78,82-83H,4-6,8-9,11,13-14,18,22-23,29-30,35-36,41-75H2,1-3H3,(H,87,88)(H,89,90)/b10-7-,15-12-,19-16-,20-17-,24-21-,27-25-,28-26-,33-31-,34-32-,39-37-,40-38-. The Balaban J connectivity index is 4.57. The second-order valence-electron chi connectivity index (χ2n) is 25.4. The van der Waals surface area contributed by atoms with Crippen molar-refractivity contribution in [1.29, 1.82) is 0 Å². The summed E-state index contributed by atoms with van der Waals surface area (Å²) in [7, 11) is -9.80. The van der Waals surface area contributed by atoms with E-state index in [9.17, 15) is 43.5 Å². The number of aliphatic hydroxyl groups excluding tert-OH is 2. The van der Waals surface area contributed by atoms with Gasteiger partial charge in [0.1, 0.15) is 25.4 Å². The Morgan fingerprint density at radius 1 is 0.293 bits per heavy atom. The van der Waals surface area contributed by atoms with Crippen molar-refractivity contribution >= 4 is 33.6 Å². The first-order valence-electron chi connectivity index (χ1n) is 38.5. The van der Waals surface area contributed by atoms with Gasteiger partial charge >= 0.3 is 33.6 Å². The molecule has 5 atom stereocenters. The van der Waals surface area contributed by atoms with Crippen molar-refractivity contribution in [2.75, 3.05) is 39.6 Å². The molecule has 568 valence electrons. The van der Waals surface area contributed by atoms with Crippen LogP contribution in [0.25, 0.3) is 0 Å². The van der Waals surface area contributed by atoms with Gasteiger partial charge in [-0.2, -0.15) is 0 Å². The van der Waals surface area contributed by atoms with Crippen LogP contribution < -0.4 is 0 Å². The van der Waals surface area contributed by atoms with Gasteiger partial charge in [0.25, 0.3) is 0 Å². The fraction of sp³-hybridized carbons (Fsp3) is 0.691. The van der Waals surface area contributed by atoms with E-state index >= 15 is 0 Å². The molecule has 0 amide bonds. The summed E-state index contributed by atoms with van der Waals surface area (Å²) in [5.41, 5.74) is 0. The van der Waals surface area contributed by atoms with Crippen LogP contribution in [0.1, 0.15) is 303 Å². The van der Waals surface area contributed by atoms with Crippen LogP contribution in [0.3, 0.4) is 0 Å². The van der Waals surface area contributed by atoms with E-state index in [1.807, 2.05) is 0 Å². The molecular formula is C81H138O16P2. The van der Waals surface area contributed by atoms with Gasteiger partial charge in [-0.3, -0.25) is 32.5 Å². The average Bonchev–Trinajstić information content (AvgIpc) is 1.37. The normalized spacial score (nSPS) is 14.8. The molecular weight excluding hydrogens is 1290 g/mol. The lowest BCUT2D eigenvalue weighted by Gasteiger charge is -2.21. The van der Waals surface area contributed by atoms with Gasteiger partial charge < -0.3 is 34.2 Å². The third kappa shape index (κ3) is 74.7. The predicted molar refractivity (Wildman–Crippen MR) is 408 cm³/mol. The van der Waals surface area contributed by atoms with Crippen molar-refractivity contribution in [3.8, 4) is 0 Å². The Hall–Kier alpha value is -4.31. The zero-order valence-corrected chi connectivity index (χ0v) is 63.7. The van der Waals surface area contributed by atoms with E-state index in [-0.39, 0.29) is 19.3 Å². The maximum atomic E-state index is 12.9. The Morgan fingerprint density at radius 2 is 0.556 bits per heavy atom. The fourth-order valence-electron chi connectivity index (χ4n) is 9.97. The van der Waals surface area contributed by atoms with Crippen LogP contribution in [-0.2, 0) is 55.8 Å². The minimum atomic E-state index is -4.94. The SMILES string of the molecule is CC/C=C\C/C=C\C/C=C\C/C=C\C/C=C\CCCCCCCCCCCC(=O)OCC(O)COP(=O)(O)OCC(O)COP(=O)(O)OCC(COC(=O)CCCCCCCCCCC/C=C\C/C=C\C/C=C\C/C=C\CCCCC)OC(=O)CCCCCCC/C=C\C/C=C\CCC. The van der Waals surface area contributed by atoms with E-state index in [0.717, 1.165) is 167 Å². The molecule has 0 bridgehead atoms. The first-order valence-corrected chi connectivity index (χ1v) is 41.5. The Kier molecular flexibility index (Phi) is 70.2. The number of carbonyl (C=O) groups excluding carboxylic acids is 3. The molecule has 0 aliphatic heterocycles. The van der Waals surface area contributed by atoms with Gasteiger partial charge in [-0.15, -0.1) is 0 Å². The van der Waals surface area contributed by atoms with Crippen molar-refractivity contribution < 1.29 is 75.8 Å². The second-order valence-corrected chi connectivity index (χ2v) is 28.3. The minimum absolute atomic E-state index is 0.0842. The molecule has 0 aliphatic carbocycles. The summed E-state index contributed by atoms with van der Waals surface area (Å²) in [5.74, 6) is -1.60. The molecule has 0 saturated heterocycles. The number of allylic oxidation sites excluding steroid dienone is 22. The third-order valence-corrected chi connectivity index (χ3v) is 17.7. The topological polar surface area (TPSA) is 231 Å².